The first-order chi connectivity index (χ1) is 14.6. The predicted molar refractivity (Wildman–Crippen MR) is 128 cm³/mol. The van der Waals surface area contributed by atoms with Crippen LogP contribution >= 0.6 is 12.2 Å². The maximum absolute atomic E-state index is 11.7. The van der Waals surface area contributed by atoms with Gasteiger partial charge in [0.05, 0.1) is 29.7 Å². The van der Waals surface area contributed by atoms with E-state index < -0.39 is 10.0 Å². The number of nitrogens with zero attached hydrogens (tertiary/aromatic N) is 2. The molecule has 2 aromatic heterocycles. The molecular weight excluding hydrogens is 430 g/mol. The Balaban J connectivity index is 1.81. The average Bonchev–Trinajstić information content (AvgIpc) is 3.21. The monoisotopic (exact) mass is 455 g/mol. The Morgan fingerprint density at radius 3 is 2.48 bits per heavy atom. The van der Waals surface area contributed by atoms with Gasteiger partial charge in [0.15, 0.2) is 5.11 Å². The molecule has 3 N–H and O–H groups in total. The zero-order valence-corrected chi connectivity index (χ0v) is 19.4. The maximum Gasteiger partial charge on any atom is 0.229 e. The van der Waals surface area contributed by atoms with Gasteiger partial charge in [0, 0.05) is 23.3 Å². The molecule has 9 heteroatoms. The molecule has 0 bridgehead atoms. The number of aryl methyl sites for hydroxylation is 3. The first-order valence-corrected chi connectivity index (χ1v) is 12.2. The van der Waals surface area contributed by atoms with E-state index in [0.29, 0.717) is 10.8 Å². The molecule has 1 fully saturated rings. The van der Waals surface area contributed by atoms with E-state index in [1.807, 2.05) is 44.2 Å². The SMILES string of the molecule is Cc1cc([C@@H]2[C@H](c3ccccn3)NC(=S)N2c2ccc(NS(C)(=O)=O)c(C)c2)c(C)[nH]1. The summed E-state index contributed by atoms with van der Waals surface area (Å²) in [6, 6.07) is 13.4. The highest BCUT2D eigenvalue weighted by molar-refractivity contribution is 7.92. The average molecular weight is 456 g/mol. The lowest BCUT2D eigenvalue weighted by molar-refractivity contribution is 0.566. The van der Waals surface area contributed by atoms with Crippen molar-refractivity contribution in [2.75, 3.05) is 15.9 Å². The molecule has 1 saturated heterocycles. The highest BCUT2D eigenvalue weighted by Gasteiger charge is 2.41. The Bertz CT molecular complexity index is 1240. The van der Waals surface area contributed by atoms with Crippen molar-refractivity contribution < 1.29 is 8.42 Å². The number of aromatic amines is 1. The number of hydrogen-bond donors (Lipinski definition) is 3. The van der Waals surface area contributed by atoms with Crippen LogP contribution in [0, 0.1) is 20.8 Å². The van der Waals surface area contributed by atoms with Crippen molar-refractivity contribution in [3.8, 4) is 0 Å². The second-order valence-electron chi connectivity index (χ2n) is 7.90. The van der Waals surface area contributed by atoms with Gasteiger partial charge in [-0.2, -0.15) is 0 Å². The Labute approximate surface area is 188 Å². The van der Waals surface area contributed by atoms with Crippen molar-refractivity contribution >= 4 is 38.7 Å². The third kappa shape index (κ3) is 4.28. The van der Waals surface area contributed by atoms with Crippen LogP contribution < -0.4 is 14.9 Å². The molecule has 7 nitrogen and oxygen atoms in total. The second-order valence-corrected chi connectivity index (χ2v) is 10.0. The van der Waals surface area contributed by atoms with Crippen LogP contribution in [0.15, 0.2) is 48.7 Å². The standard InChI is InChI=1S/C22H25N5O2S2/c1-13-11-16(8-9-18(13)26-31(4,28)29)27-21(17-12-14(2)24-15(17)3)20(25-22(27)30)19-7-5-6-10-23-19/h5-12,20-21,24,26H,1-4H3,(H,25,30)/t20-,21+/m0/s1. The molecular formula is C22H25N5O2S2. The molecule has 3 heterocycles. The van der Waals surface area contributed by atoms with Crippen LogP contribution in [-0.4, -0.2) is 29.8 Å². The number of hydrogen-bond acceptors (Lipinski definition) is 4. The van der Waals surface area contributed by atoms with Crippen LogP contribution in [0.3, 0.4) is 0 Å². The van der Waals surface area contributed by atoms with Gasteiger partial charge >= 0.3 is 0 Å². The normalized spacial score (nSPS) is 18.8. The first-order valence-electron chi connectivity index (χ1n) is 9.89. The summed E-state index contributed by atoms with van der Waals surface area (Å²) in [5, 5.41) is 4.04. The number of benzene rings is 1. The number of aromatic nitrogens is 2. The third-order valence-corrected chi connectivity index (χ3v) is 6.30. The molecule has 2 atom stereocenters. The van der Waals surface area contributed by atoms with E-state index in [-0.39, 0.29) is 12.1 Å². The van der Waals surface area contributed by atoms with E-state index in [9.17, 15) is 8.42 Å². The van der Waals surface area contributed by atoms with Gasteiger partial charge in [0.25, 0.3) is 0 Å². The van der Waals surface area contributed by atoms with E-state index in [1.165, 1.54) is 0 Å². The van der Waals surface area contributed by atoms with Crippen LogP contribution in [0.25, 0.3) is 0 Å². The number of thiocarbonyl (C=S) groups is 1. The summed E-state index contributed by atoms with van der Waals surface area (Å²) in [7, 11) is -3.36. The van der Waals surface area contributed by atoms with Gasteiger partial charge in [0.1, 0.15) is 0 Å². The Kier molecular flexibility index (Phi) is 5.49. The fourth-order valence-electron chi connectivity index (χ4n) is 4.11. The van der Waals surface area contributed by atoms with Gasteiger partial charge in [-0.05, 0) is 80.5 Å². The van der Waals surface area contributed by atoms with Crippen LogP contribution in [-0.2, 0) is 10.0 Å². The number of rotatable bonds is 5. The second kappa shape index (κ2) is 7.97. The minimum atomic E-state index is -3.36. The minimum Gasteiger partial charge on any atom is -0.362 e. The number of anilines is 2. The van der Waals surface area contributed by atoms with Crippen molar-refractivity contribution in [2.24, 2.45) is 0 Å². The van der Waals surface area contributed by atoms with Crippen LogP contribution in [0.5, 0.6) is 0 Å². The molecule has 1 aliphatic heterocycles. The predicted octanol–water partition coefficient (Wildman–Crippen LogP) is 3.88. The molecule has 31 heavy (non-hydrogen) atoms. The Morgan fingerprint density at radius 1 is 1.13 bits per heavy atom. The summed E-state index contributed by atoms with van der Waals surface area (Å²) in [6.45, 7) is 5.97. The van der Waals surface area contributed by atoms with Gasteiger partial charge < -0.3 is 15.2 Å². The van der Waals surface area contributed by atoms with Crippen LogP contribution in [0.2, 0.25) is 0 Å². The largest absolute Gasteiger partial charge is 0.362 e. The zero-order valence-electron chi connectivity index (χ0n) is 17.8. The lowest BCUT2D eigenvalue weighted by Gasteiger charge is -2.28. The van der Waals surface area contributed by atoms with Crippen molar-refractivity contribution in [1.82, 2.24) is 15.3 Å². The molecule has 0 amide bonds. The van der Waals surface area contributed by atoms with Gasteiger partial charge in [-0.1, -0.05) is 6.07 Å². The topological polar surface area (TPSA) is 90.1 Å². The Hall–Kier alpha value is -2.91. The molecule has 1 aliphatic rings. The summed E-state index contributed by atoms with van der Waals surface area (Å²) in [5.41, 5.74) is 6.44. The smallest absolute Gasteiger partial charge is 0.229 e. The van der Waals surface area contributed by atoms with E-state index in [1.54, 1.807) is 12.3 Å². The van der Waals surface area contributed by atoms with Gasteiger partial charge in [-0.3, -0.25) is 9.71 Å². The number of pyridine rings is 1. The minimum absolute atomic E-state index is 0.111. The molecule has 0 unspecified atom stereocenters. The summed E-state index contributed by atoms with van der Waals surface area (Å²) >= 11 is 5.76. The fourth-order valence-corrected chi connectivity index (χ4v) is 5.09. The molecule has 0 saturated carbocycles. The van der Waals surface area contributed by atoms with Crippen molar-refractivity contribution in [3.05, 3.63) is 76.9 Å². The molecule has 0 spiro atoms. The van der Waals surface area contributed by atoms with Crippen LogP contribution in [0.1, 0.15) is 40.3 Å². The highest BCUT2D eigenvalue weighted by Crippen LogP contribution is 2.43. The molecule has 0 radical (unpaired) electrons. The molecule has 3 aromatic rings. The summed E-state index contributed by atoms with van der Waals surface area (Å²) in [4.78, 5) is 10.1. The van der Waals surface area contributed by atoms with Gasteiger partial charge in [-0.15, -0.1) is 0 Å². The van der Waals surface area contributed by atoms with Crippen molar-refractivity contribution in [1.29, 1.82) is 0 Å². The number of sulfonamides is 1. The number of H-pyrrole nitrogens is 1. The summed E-state index contributed by atoms with van der Waals surface area (Å²) in [6.07, 6.45) is 2.93. The highest BCUT2D eigenvalue weighted by atomic mass is 32.2. The molecule has 4 rings (SSSR count). The van der Waals surface area contributed by atoms with Crippen molar-refractivity contribution in [3.63, 3.8) is 0 Å². The van der Waals surface area contributed by atoms with E-state index in [4.69, 9.17) is 12.2 Å². The fraction of sp³-hybridized carbons (Fsp3) is 0.273. The molecule has 0 aliphatic carbocycles. The summed E-state index contributed by atoms with van der Waals surface area (Å²) < 4.78 is 25.9. The first kappa shape index (κ1) is 21.3. The van der Waals surface area contributed by atoms with Gasteiger partial charge in [-0.25, -0.2) is 8.42 Å². The van der Waals surface area contributed by atoms with E-state index >= 15 is 0 Å². The van der Waals surface area contributed by atoms with E-state index in [0.717, 1.165) is 40.2 Å². The van der Waals surface area contributed by atoms with Gasteiger partial charge in [0.2, 0.25) is 10.0 Å². The number of nitrogens with one attached hydrogen (secondary N) is 3. The lowest BCUT2D eigenvalue weighted by atomic mass is 9.96. The quantitative estimate of drug-likeness (QED) is 0.506. The zero-order chi connectivity index (χ0) is 22.3. The third-order valence-electron chi connectivity index (χ3n) is 5.39. The maximum atomic E-state index is 11.7. The lowest BCUT2D eigenvalue weighted by Crippen LogP contribution is -2.29. The van der Waals surface area contributed by atoms with Crippen molar-refractivity contribution in [2.45, 2.75) is 32.9 Å². The molecule has 1 aromatic carbocycles. The van der Waals surface area contributed by atoms with Crippen LogP contribution in [0.4, 0.5) is 11.4 Å². The Morgan fingerprint density at radius 2 is 1.90 bits per heavy atom. The molecule has 162 valence electrons. The van der Waals surface area contributed by atoms with E-state index in [2.05, 4.69) is 37.9 Å². The summed E-state index contributed by atoms with van der Waals surface area (Å²) in [5.74, 6) is 0.